The van der Waals surface area contributed by atoms with Crippen molar-refractivity contribution in [2.24, 2.45) is 0 Å². The Balaban J connectivity index is 2.08. The van der Waals surface area contributed by atoms with E-state index in [1.165, 1.54) is 6.42 Å². The zero-order chi connectivity index (χ0) is 11.8. The molecular weight excluding hydrogens is 236 g/mol. The Morgan fingerprint density at radius 1 is 1.53 bits per heavy atom. The fourth-order valence-corrected chi connectivity index (χ4v) is 3.11. The number of aliphatic carboxylic acids is 1. The Bertz CT molecular complexity index is 591. The fraction of sp³-hybridized carbons (Fsp3) is 0.333. The van der Waals surface area contributed by atoms with E-state index in [1.807, 2.05) is 18.2 Å². The van der Waals surface area contributed by atoms with Gasteiger partial charge in [0.25, 0.3) is 0 Å². The molecule has 0 aliphatic carbocycles. The Labute approximate surface area is 103 Å². The SMILES string of the molecule is O=C(O)Cc1ccc2c(c1)nc1n2CCCS1. The normalized spacial score (nSPS) is 14.8. The van der Waals surface area contributed by atoms with Crippen LogP contribution in [0.2, 0.25) is 0 Å². The minimum atomic E-state index is -0.803. The van der Waals surface area contributed by atoms with E-state index >= 15 is 0 Å². The smallest absolute Gasteiger partial charge is 0.307 e. The van der Waals surface area contributed by atoms with Crippen LogP contribution in [0.5, 0.6) is 0 Å². The molecule has 4 nitrogen and oxygen atoms in total. The van der Waals surface area contributed by atoms with Crippen LogP contribution in [0.25, 0.3) is 11.0 Å². The van der Waals surface area contributed by atoms with Crippen LogP contribution >= 0.6 is 11.8 Å². The maximum Gasteiger partial charge on any atom is 0.307 e. The van der Waals surface area contributed by atoms with E-state index in [2.05, 4.69) is 9.55 Å². The van der Waals surface area contributed by atoms with Crippen LogP contribution in [0.3, 0.4) is 0 Å². The fourth-order valence-electron chi connectivity index (χ4n) is 2.15. The molecule has 17 heavy (non-hydrogen) atoms. The van der Waals surface area contributed by atoms with Crippen molar-refractivity contribution in [3.8, 4) is 0 Å². The van der Waals surface area contributed by atoms with Gasteiger partial charge in [-0.2, -0.15) is 0 Å². The van der Waals surface area contributed by atoms with Crippen molar-refractivity contribution in [3.63, 3.8) is 0 Å². The molecule has 0 amide bonds. The number of imidazole rings is 1. The van der Waals surface area contributed by atoms with Gasteiger partial charge in [-0.3, -0.25) is 4.79 Å². The molecule has 3 rings (SSSR count). The van der Waals surface area contributed by atoms with E-state index in [4.69, 9.17) is 5.11 Å². The maximum absolute atomic E-state index is 10.7. The van der Waals surface area contributed by atoms with Crippen molar-refractivity contribution >= 4 is 28.8 Å². The molecule has 5 heteroatoms. The second-order valence-electron chi connectivity index (χ2n) is 4.14. The van der Waals surface area contributed by atoms with E-state index in [0.717, 1.165) is 34.1 Å². The number of hydrogen-bond acceptors (Lipinski definition) is 3. The Hall–Kier alpha value is -1.49. The standard InChI is InChI=1S/C12H12N2O2S/c15-11(16)7-8-2-3-10-9(6-8)13-12-14(10)4-1-5-17-12/h2-3,6H,1,4-5,7H2,(H,15,16). The number of aromatic nitrogens is 2. The van der Waals surface area contributed by atoms with Crippen LogP contribution in [0.15, 0.2) is 23.4 Å². The molecule has 0 fully saturated rings. The summed E-state index contributed by atoms with van der Waals surface area (Å²) in [5, 5.41) is 9.83. The molecule has 1 aromatic heterocycles. The number of thioether (sulfide) groups is 1. The molecule has 1 aromatic carbocycles. The minimum absolute atomic E-state index is 0.0608. The van der Waals surface area contributed by atoms with E-state index in [9.17, 15) is 4.79 Å². The molecule has 0 atom stereocenters. The molecule has 0 unspecified atom stereocenters. The average Bonchev–Trinajstić information content (AvgIpc) is 2.65. The van der Waals surface area contributed by atoms with Crippen LogP contribution in [0, 0.1) is 0 Å². The Kier molecular flexibility index (Phi) is 2.55. The van der Waals surface area contributed by atoms with Crippen LogP contribution in [-0.4, -0.2) is 26.4 Å². The zero-order valence-electron chi connectivity index (χ0n) is 9.22. The van der Waals surface area contributed by atoms with Crippen LogP contribution in [-0.2, 0) is 17.8 Å². The number of nitrogens with zero attached hydrogens (tertiary/aromatic N) is 2. The van der Waals surface area contributed by atoms with Crippen molar-refractivity contribution in [1.29, 1.82) is 0 Å². The predicted molar refractivity (Wildman–Crippen MR) is 66.4 cm³/mol. The highest BCUT2D eigenvalue weighted by Gasteiger charge is 2.15. The highest BCUT2D eigenvalue weighted by molar-refractivity contribution is 7.99. The van der Waals surface area contributed by atoms with Gasteiger partial charge in [0.05, 0.1) is 17.5 Å². The molecule has 1 aliphatic heterocycles. The average molecular weight is 248 g/mol. The number of hydrogen-bond donors (Lipinski definition) is 1. The summed E-state index contributed by atoms with van der Waals surface area (Å²) in [4.78, 5) is 15.2. The summed E-state index contributed by atoms with van der Waals surface area (Å²) >= 11 is 1.77. The molecule has 0 bridgehead atoms. The Morgan fingerprint density at radius 3 is 3.24 bits per heavy atom. The van der Waals surface area contributed by atoms with E-state index in [1.54, 1.807) is 11.8 Å². The number of fused-ring (bicyclic) bond motifs is 3. The van der Waals surface area contributed by atoms with Gasteiger partial charge in [-0.05, 0) is 24.1 Å². The Morgan fingerprint density at radius 2 is 2.41 bits per heavy atom. The molecule has 0 saturated carbocycles. The zero-order valence-corrected chi connectivity index (χ0v) is 10.0. The van der Waals surface area contributed by atoms with Gasteiger partial charge in [-0.1, -0.05) is 17.8 Å². The van der Waals surface area contributed by atoms with Crippen molar-refractivity contribution in [2.75, 3.05) is 5.75 Å². The minimum Gasteiger partial charge on any atom is -0.481 e. The van der Waals surface area contributed by atoms with Gasteiger partial charge in [0, 0.05) is 12.3 Å². The summed E-state index contributed by atoms with van der Waals surface area (Å²) in [6.45, 7) is 1.01. The summed E-state index contributed by atoms with van der Waals surface area (Å²) in [5.41, 5.74) is 2.83. The second-order valence-corrected chi connectivity index (χ2v) is 5.20. The lowest BCUT2D eigenvalue weighted by Gasteiger charge is -2.13. The molecule has 0 saturated heterocycles. The number of carboxylic acids is 1. The number of rotatable bonds is 2. The lowest BCUT2D eigenvalue weighted by Crippen LogP contribution is -2.06. The van der Waals surface area contributed by atoms with Gasteiger partial charge in [-0.15, -0.1) is 0 Å². The van der Waals surface area contributed by atoms with Gasteiger partial charge >= 0.3 is 5.97 Å². The van der Waals surface area contributed by atoms with Crippen molar-refractivity contribution in [3.05, 3.63) is 23.8 Å². The lowest BCUT2D eigenvalue weighted by molar-refractivity contribution is -0.136. The van der Waals surface area contributed by atoms with Crippen LogP contribution in [0.4, 0.5) is 0 Å². The van der Waals surface area contributed by atoms with Gasteiger partial charge < -0.3 is 9.67 Å². The maximum atomic E-state index is 10.7. The predicted octanol–water partition coefficient (Wildman–Crippen LogP) is 2.16. The van der Waals surface area contributed by atoms with Gasteiger partial charge in [0.1, 0.15) is 0 Å². The molecule has 0 spiro atoms. The largest absolute Gasteiger partial charge is 0.481 e. The van der Waals surface area contributed by atoms with E-state index in [0.29, 0.717) is 0 Å². The molecule has 1 aliphatic rings. The summed E-state index contributed by atoms with van der Waals surface area (Å²) in [7, 11) is 0. The van der Waals surface area contributed by atoms with E-state index < -0.39 is 5.97 Å². The number of aryl methyl sites for hydroxylation is 1. The summed E-state index contributed by atoms with van der Waals surface area (Å²) < 4.78 is 2.22. The molecule has 1 N–H and O–H groups in total. The summed E-state index contributed by atoms with van der Waals surface area (Å²) in [5.74, 6) is 0.313. The van der Waals surface area contributed by atoms with Crippen LogP contribution < -0.4 is 0 Å². The van der Waals surface area contributed by atoms with Gasteiger partial charge in [-0.25, -0.2) is 4.98 Å². The van der Waals surface area contributed by atoms with Crippen molar-refractivity contribution in [2.45, 2.75) is 24.5 Å². The third kappa shape index (κ3) is 1.91. The highest BCUT2D eigenvalue weighted by Crippen LogP contribution is 2.29. The molecule has 2 heterocycles. The quantitative estimate of drug-likeness (QED) is 0.884. The molecule has 2 aromatic rings. The van der Waals surface area contributed by atoms with Gasteiger partial charge in [0.15, 0.2) is 5.16 Å². The first kappa shape index (κ1) is 10.7. The topological polar surface area (TPSA) is 55.1 Å². The summed E-state index contributed by atoms with van der Waals surface area (Å²) in [6.07, 6.45) is 1.23. The lowest BCUT2D eigenvalue weighted by atomic mass is 10.1. The van der Waals surface area contributed by atoms with Gasteiger partial charge in [0.2, 0.25) is 0 Å². The van der Waals surface area contributed by atoms with Crippen molar-refractivity contribution < 1.29 is 9.90 Å². The first-order chi connectivity index (χ1) is 8.24. The molecule has 0 radical (unpaired) electrons. The first-order valence-electron chi connectivity index (χ1n) is 5.58. The molecule has 88 valence electrons. The first-order valence-corrected chi connectivity index (χ1v) is 6.56. The number of carbonyl (C=O) groups is 1. The summed E-state index contributed by atoms with van der Waals surface area (Å²) in [6, 6.07) is 5.75. The third-order valence-electron chi connectivity index (χ3n) is 2.89. The second kappa shape index (κ2) is 4.07. The monoisotopic (exact) mass is 248 g/mol. The van der Waals surface area contributed by atoms with Crippen LogP contribution in [0.1, 0.15) is 12.0 Å². The number of benzene rings is 1. The number of carboxylic acid groups (broad SMARTS) is 1. The van der Waals surface area contributed by atoms with E-state index in [-0.39, 0.29) is 6.42 Å². The third-order valence-corrected chi connectivity index (χ3v) is 3.95. The van der Waals surface area contributed by atoms with Crippen molar-refractivity contribution in [1.82, 2.24) is 9.55 Å². The molecular formula is C12H12N2O2S. The highest BCUT2D eigenvalue weighted by atomic mass is 32.2.